The zero-order chi connectivity index (χ0) is 19.7. The van der Waals surface area contributed by atoms with Gasteiger partial charge in [0.25, 0.3) is 0 Å². The third kappa shape index (κ3) is 5.13. The fraction of sp³-hybridized carbons (Fsp3) is 0.231. The van der Waals surface area contributed by atoms with Gasteiger partial charge in [0.1, 0.15) is 27.2 Å². The molecule has 0 aliphatic rings. The average Bonchev–Trinajstić information content (AvgIpc) is 2.77. The normalized spacial score (nSPS) is 11.8. The first kappa shape index (κ1) is 20.8. The number of hydrogen-bond donors (Lipinski definition) is 0. The van der Waals surface area contributed by atoms with E-state index in [2.05, 4.69) is 91.9 Å². The number of hydrogen-bond acceptors (Lipinski definition) is 0. The molecule has 28 heavy (non-hydrogen) atoms. The van der Waals surface area contributed by atoms with Gasteiger partial charge < -0.3 is 0 Å². The summed E-state index contributed by atoms with van der Waals surface area (Å²) in [6, 6.07) is 29.9. The van der Waals surface area contributed by atoms with Gasteiger partial charge in [-0.3, -0.25) is 0 Å². The van der Waals surface area contributed by atoms with Crippen LogP contribution in [0.3, 0.4) is 0 Å². The summed E-state index contributed by atoms with van der Waals surface area (Å²) in [7, 11) is 0. The highest BCUT2D eigenvalue weighted by Gasteiger charge is 2.44. The van der Waals surface area contributed by atoms with Crippen LogP contribution in [0.2, 0.25) is 0 Å². The summed E-state index contributed by atoms with van der Waals surface area (Å²) in [6.45, 7) is 0.109. The minimum Gasteiger partial charge on any atom is -0.0882 e. The van der Waals surface area contributed by atoms with Crippen molar-refractivity contribution in [2.45, 2.75) is 39.0 Å². The number of rotatable bonds is 9. The number of benzene rings is 3. The minimum atomic E-state index is -2.14. The summed E-state index contributed by atoms with van der Waals surface area (Å²) in [4.78, 5) is 0. The van der Waals surface area contributed by atoms with Crippen molar-refractivity contribution in [3.05, 3.63) is 103 Å². The Morgan fingerprint density at radius 3 is 1.75 bits per heavy atom. The van der Waals surface area contributed by atoms with Gasteiger partial charge in [0.2, 0.25) is 6.62 Å². The lowest BCUT2D eigenvalue weighted by Gasteiger charge is -2.19. The van der Waals surface area contributed by atoms with Crippen LogP contribution in [-0.4, -0.2) is 0 Å². The minimum absolute atomic E-state index is 0.983. The third-order valence-corrected chi connectivity index (χ3v) is 9.80. The molecule has 0 amide bonds. The summed E-state index contributed by atoms with van der Waals surface area (Å²) in [5.41, 5.74) is 1.33. The summed E-state index contributed by atoms with van der Waals surface area (Å²) >= 11 is 7.44. The van der Waals surface area contributed by atoms with Crippen LogP contribution in [0.15, 0.2) is 97.1 Å². The van der Waals surface area contributed by atoms with Crippen molar-refractivity contribution in [3.63, 3.8) is 0 Å². The van der Waals surface area contributed by atoms with Crippen LogP contribution in [0.5, 0.6) is 0 Å². The zero-order valence-electron chi connectivity index (χ0n) is 16.6. The van der Waals surface area contributed by atoms with E-state index >= 15 is 0 Å². The number of halogens is 1. The van der Waals surface area contributed by atoms with Gasteiger partial charge in [0.05, 0.1) is 0 Å². The first-order valence-electron chi connectivity index (χ1n) is 10.2. The standard InChI is InChI=1S/C26H29ClP/c1-2-3-4-5-6-9-14-23-19-21-26(22-20-23)28(27,24-15-10-7-11-16-24)25-17-12-8-13-18-25/h6-13,15-22H,2-5,14H2,1H3/q+1/b9-6-. The highest BCUT2D eigenvalue weighted by molar-refractivity contribution is 8.14. The van der Waals surface area contributed by atoms with E-state index in [0.717, 1.165) is 6.42 Å². The topological polar surface area (TPSA) is 0 Å². The lowest BCUT2D eigenvalue weighted by atomic mass is 10.1. The molecule has 0 spiro atoms. The van der Waals surface area contributed by atoms with Crippen molar-refractivity contribution >= 4 is 33.8 Å². The Kier molecular flexibility index (Phi) is 7.90. The predicted octanol–water partition coefficient (Wildman–Crippen LogP) is 6.81. The molecule has 0 saturated heterocycles. The zero-order valence-corrected chi connectivity index (χ0v) is 18.2. The van der Waals surface area contributed by atoms with Gasteiger partial charge in [-0.1, -0.05) is 80.4 Å². The van der Waals surface area contributed by atoms with Crippen molar-refractivity contribution in [1.82, 2.24) is 0 Å². The van der Waals surface area contributed by atoms with Crippen LogP contribution >= 0.6 is 17.9 Å². The van der Waals surface area contributed by atoms with Gasteiger partial charge in [0, 0.05) is 0 Å². The van der Waals surface area contributed by atoms with Gasteiger partial charge in [0.15, 0.2) is 0 Å². The molecule has 3 aromatic rings. The number of unbranched alkanes of at least 4 members (excludes halogenated alkanes) is 3. The summed E-state index contributed by atoms with van der Waals surface area (Å²) < 4.78 is 0. The van der Waals surface area contributed by atoms with E-state index in [1.807, 2.05) is 12.1 Å². The molecule has 0 bridgehead atoms. The number of allylic oxidation sites excluding steroid dienone is 2. The lowest BCUT2D eigenvalue weighted by molar-refractivity contribution is 0.728. The van der Waals surface area contributed by atoms with E-state index < -0.39 is 6.62 Å². The van der Waals surface area contributed by atoms with Crippen LogP contribution < -0.4 is 15.9 Å². The largest absolute Gasteiger partial charge is 0.210 e. The molecule has 0 heterocycles. The quantitative estimate of drug-likeness (QED) is 0.207. The maximum absolute atomic E-state index is 7.44. The molecule has 2 heteroatoms. The molecule has 3 rings (SSSR count). The van der Waals surface area contributed by atoms with Gasteiger partial charge in [-0.25, -0.2) is 0 Å². The lowest BCUT2D eigenvalue weighted by Crippen LogP contribution is -2.27. The van der Waals surface area contributed by atoms with E-state index in [9.17, 15) is 0 Å². The molecular weight excluding hydrogens is 379 g/mol. The molecule has 0 unspecified atom stereocenters. The molecule has 0 atom stereocenters. The molecule has 0 fully saturated rings. The SMILES string of the molecule is CCCCC/C=C\Cc1ccc([P+](Cl)(c2ccccc2)c2ccccc2)cc1. The molecule has 0 aliphatic heterocycles. The molecule has 0 aliphatic carbocycles. The smallest absolute Gasteiger partial charge is 0.0882 e. The maximum Gasteiger partial charge on any atom is 0.210 e. The molecule has 0 N–H and O–H groups in total. The molecule has 144 valence electrons. The first-order chi connectivity index (χ1) is 13.7. The second-order valence-electron chi connectivity index (χ2n) is 7.10. The van der Waals surface area contributed by atoms with Crippen molar-refractivity contribution < 1.29 is 0 Å². The molecule has 0 radical (unpaired) electrons. The third-order valence-electron chi connectivity index (χ3n) is 5.01. The molecule has 0 aromatic heterocycles. The Bertz CT molecular complexity index is 814. The van der Waals surface area contributed by atoms with Crippen LogP contribution in [-0.2, 0) is 6.42 Å². The fourth-order valence-corrected chi connectivity index (χ4v) is 7.04. The Labute approximate surface area is 175 Å². The molecular formula is C26H29ClP+. The van der Waals surface area contributed by atoms with E-state index in [-0.39, 0.29) is 0 Å². The second-order valence-corrected chi connectivity index (χ2v) is 11.3. The fourth-order valence-electron chi connectivity index (χ4n) is 3.40. The van der Waals surface area contributed by atoms with Gasteiger partial charge in [-0.2, -0.15) is 0 Å². The molecule has 0 saturated carbocycles. The summed E-state index contributed by atoms with van der Waals surface area (Å²) in [5, 5.41) is 3.61. The van der Waals surface area contributed by atoms with Crippen LogP contribution in [0.1, 0.15) is 38.2 Å². The van der Waals surface area contributed by atoms with Gasteiger partial charge in [-0.05, 0) is 61.2 Å². The maximum atomic E-state index is 7.44. The predicted molar refractivity (Wildman–Crippen MR) is 128 cm³/mol. The van der Waals surface area contributed by atoms with Crippen molar-refractivity contribution in [3.8, 4) is 0 Å². The first-order valence-corrected chi connectivity index (χ1v) is 12.9. The van der Waals surface area contributed by atoms with Crippen molar-refractivity contribution in [2.75, 3.05) is 0 Å². The van der Waals surface area contributed by atoms with E-state index in [1.54, 1.807) is 0 Å². The van der Waals surface area contributed by atoms with E-state index in [0.29, 0.717) is 0 Å². The average molecular weight is 408 g/mol. The van der Waals surface area contributed by atoms with Gasteiger partial charge >= 0.3 is 0 Å². The van der Waals surface area contributed by atoms with Crippen LogP contribution in [0.25, 0.3) is 0 Å². The second kappa shape index (κ2) is 10.6. The van der Waals surface area contributed by atoms with Gasteiger partial charge in [-0.15, -0.1) is 0 Å². The van der Waals surface area contributed by atoms with Crippen LogP contribution in [0, 0.1) is 0 Å². The Balaban J connectivity index is 1.82. The monoisotopic (exact) mass is 407 g/mol. The van der Waals surface area contributed by atoms with E-state index in [4.69, 9.17) is 11.2 Å². The summed E-state index contributed by atoms with van der Waals surface area (Å²) in [5.74, 6) is 0. The highest BCUT2D eigenvalue weighted by atomic mass is 35.7. The van der Waals surface area contributed by atoms with E-state index in [1.165, 1.54) is 47.2 Å². The van der Waals surface area contributed by atoms with Crippen molar-refractivity contribution in [1.29, 1.82) is 0 Å². The summed E-state index contributed by atoms with van der Waals surface area (Å²) in [6.07, 6.45) is 10.7. The Hall–Kier alpha value is -1.88. The Morgan fingerprint density at radius 1 is 0.679 bits per heavy atom. The highest BCUT2D eigenvalue weighted by Crippen LogP contribution is 2.60. The van der Waals surface area contributed by atoms with Crippen molar-refractivity contribution in [2.24, 2.45) is 0 Å². The molecule has 3 aromatic carbocycles. The molecule has 0 nitrogen and oxygen atoms in total. The van der Waals surface area contributed by atoms with Crippen LogP contribution in [0.4, 0.5) is 0 Å². The Morgan fingerprint density at radius 2 is 1.21 bits per heavy atom.